The van der Waals surface area contributed by atoms with Crippen LogP contribution in [0.5, 0.6) is 5.75 Å². The van der Waals surface area contributed by atoms with Gasteiger partial charge >= 0.3 is 11.4 Å². The van der Waals surface area contributed by atoms with Gasteiger partial charge in [-0.15, -0.1) is 0 Å². The molecule has 2 heterocycles. The zero-order valence-electron chi connectivity index (χ0n) is 32.8. The zero-order chi connectivity index (χ0) is 42.3. The van der Waals surface area contributed by atoms with Crippen LogP contribution in [0.3, 0.4) is 0 Å². The second-order valence-corrected chi connectivity index (χ2v) is 15.2. The number of aromatic nitrogens is 2. The first-order valence-electron chi connectivity index (χ1n) is 17.8. The number of pyridine rings is 2. The fourth-order valence-corrected chi connectivity index (χ4v) is 8.24. The van der Waals surface area contributed by atoms with Gasteiger partial charge < -0.3 is 19.5 Å². The summed E-state index contributed by atoms with van der Waals surface area (Å²) in [6.45, 7) is 15.9. The fourth-order valence-electron chi connectivity index (χ4n) is 3.97. The van der Waals surface area contributed by atoms with Gasteiger partial charge in [-0.25, -0.2) is 14.8 Å². The first-order valence-corrected chi connectivity index (χ1v) is 22.5. The van der Waals surface area contributed by atoms with E-state index in [1.807, 2.05) is 98.8 Å². The first kappa shape index (κ1) is 50.9. The Balaban J connectivity index is 0.000000392. The summed E-state index contributed by atoms with van der Waals surface area (Å²) < 4.78 is 9.50. The van der Waals surface area contributed by atoms with E-state index in [-0.39, 0.29) is 24.0 Å². The summed E-state index contributed by atoms with van der Waals surface area (Å²) in [5, 5.41) is 21.3. The van der Waals surface area contributed by atoms with Gasteiger partial charge in [0, 0.05) is 58.4 Å². The molecule has 5 aromatic rings. The van der Waals surface area contributed by atoms with Crippen molar-refractivity contribution < 1.29 is 29.1 Å². The topological polar surface area (TPSA) is 145 Å². The Morgan fingerprint density at radius 3 is 1.56 bits per heavy atom. The molecule has 0 saturated heterocycles. The Kier molecular flexibility index (Phi) is 28.5. The molecule has 306 valence electrons. The highest BCUT2D eigenvalue weighted by Gasteiger charge is 2.07. The Labute approximate surface area is 356 Å². The third-order valence-corrected chi connectivity index (χ3v) is 11.7. The van der Waals surface area contributed by atoms with Crippen LogP contribution in [-0.4, -0.2) is 55.9 Å². The summed E-state index contributed by atoms with van der Waals surface area (Å²) in [5.41, 5.74) is 0.908. The van der Waals surface area contributed by atoms with Crippen LogP contribution in [0.4, 0.5) is 10.5 Å². The number of carbonyl (C=O) groups is 2. The maximum atomic E-state index is 10.9. The number of rotatable bonds is 14. The van der Waals surface area contributed by atoms with Gasteiger partial charge in [0.15, 0.2) is 0 Å². The van der Waals surface area contributed by atoms with Gasteiger partial charge in [0.05, 0.1) is 11.5 Å². The molecule has 0 spiro atoms. The molecule has 0 radical (unpaired) electrons. The van der Waals surface area contributed by atoms with Crippen LogP contribution < -0.4 is 4.74 Å². The average molecular weight is 874 g/mol. The van der Waals surface area contributed by atoms with Crippen molar-refractivity contribution in [2.24, 2.45) is 0 Å². The fraction of sp³-hybridized carbons (Fsp3) is 0.268. The molecule has 0 fully saturated rings. The number of benzene rings is 3. The van der Waals surface area contributed by atoms with Crippen LogP contribution in [0.15, 0.2) is 141 Å². The van der Waals surface area contributed by atoms with Crippen molar-refractivity contribution in [1.29, 1.82) is 0 Å². The van der Waals surface area contributed by atoms with Gasteiger partial charge in [-0.3, -0.25) is 14.9 Å². The Hall–Kier alpha value is -4.09. The third-order valence-electron chi connectivity index (χ3n) is 6.84. The highest BCUT2D eigenvalue weighted by molar-refractivity contribution is 8.77. The number of esters is 1. The molecule has 2 aromatic heterocycles. The molecule has 3 aromatic carbocycles. The summed E-state index contributed by atoms with van der Waals surface area (Å²) in [7, 11) is 6.42. The van der Waals surface area contributed by atoms with E-state index in [4.69, 9.17) is 16.3 Å². The molecule has 0 unspecified atom stereocenters. The van der Waals surface area contributed by atoms with Crippen LogP contribution in [0.2, 0.25) is 0 Å². The molecular weight excluding hydrogens is 824 g/mol. The molecule has 0 aliphatic carbocycles. The van der Waals surface area contributed by atoms with Gasteiger partial charge in [-0.05, 0) is 95.3 Å². The minimum Gasteiger partial charge on any atom is -0.461 e. The predicted octanol–water partition coefficient (Wildman–Crippen LogP) is 12.0. The number of nitro groups is 1. The van der Waals surface area contributed by atoms with Crippen LogP contribution in [-0.2, 0) is 22.7 Å². The molecule has 11 nitrogen and oxygen atoms in total. The molecule has 0 bridgehead atoms. The number of non-ortho nitro benzene ring substituents is 1. The summed E-state index contributed by atoms with van der Waals surface area (Å²) >= 11 is 4.92. The Bertz CT molecular complexity index is 1840. The van der Waals surface area contributed by atoms with Gasteiger partial charge in [-0.1, -0.05) is 105 Å². The standard InChI is InChI=1S/C14H13NO2S2.C12H11NOS2.C7H4ClNO4.C6H15N.C2H6/c1-11(16)17-10-12-6-2-3-7-13(12)18-19-14-8-4-5-9-15-14;14-9-10-5-1-2-6-11(10)15-16-12-7-3-4-8-13-12;8-7(10)13-6-3-1-5(2-4-6)9(11)12;1-4-7(5-2)6-3;1-2/h2-9H,10H2,1H3;1-8,14H,9H2;1-4H;4-6H2,1-3H3;1-2H3. The third kappa shape index (κ3) is 23.0. The largest absolute Gasteiger partial charge is 0.461 e. The van der Waals surface area contributed by atoms with Crippen molar-refractivity contribution in [1.82, 2.24) is 14.9 Å². The number of hydrogen-bond acceptors (Lipinski definition) is 14. The predicted molar refractivity (Wildman–Crippen MR) is 236 cm³/mol. The molecule has 57 heavy (non-hydrogen) atoms. The van der Waals surface area contributed by atoms with E-state index in [9.17, 15) is 24.8 Å². The highest BCUT2D eigenvalue weighted by atomic mass is 35.5. The van der Waals surface area contributed by atoms with Crippen LogP contribution >= 0.6 is 54.8 Å². The maximum absolute atomic E-state index is 10.9. The molecule has 0 aliphatic heterocycles. The number of nitro benzene ring substituents is 1. The second kappa shape index (κ2) is 31.9. The normalized spacial score (nSPS) is 9.77. The van der Waals surface area contributed by atoms with Crippen molar-refractivity contribution in [3.05, 3.63) is 143 Å². The number of aliphatic hydroxyl groups excluding tert-OH is 1. The Morgan fingerprint density at radius 2 is 1.18 bits per heavy atom. The lowest BCUT2D eigenvalue weighted by atomic mass is 10.2. The number of aliphatic hydroxyl groups is 1. The minimum atomic E-state index is -0.978. The van der Waals surface area contributed by atoms with E-state index < -0.39 is 10.4 Å². The maximum Gasteiger partial charge on any atom is 0.409 e. The zero-order valence-corrected chi connectivity index (χ0v) is 36.8. The minimum absolute atomic E-state index is 0.0747. The smallest absolute Gasteiger partial charge is 0.409 e. The van der Waals surface area contributed by atoms with E-state index in [0.717, 1.165) is 31.0 Å². The van der Waals surface area contributed by atoms with Crippen molar-refractivity contribution in [3.63, 3.8) is 0 Å². The van der Waals surface area contributed by atoms with E-state index in [0.29, 0.717) is 6.61 Å². The Morgan fingerprint density at radius 1 is 0.719 bits per heavy atom. The summed E-state index contributed by atoms with van der Waals surface area (Å²) in [6, 6.07) is 32.4. The summed E-state index contributed by atoms with van der Waals surface area (Å²) in [6.07, 6.45) is 3.55. The molecule has 0 atom stereocenters. The van der Waals surface area contributed by atoms with Gasteiger partial charge in [0.2, 0.25) is 0 Å². The lowest BCUT2D eigenvalue weighted by molar-refractivity contribution is -0.384. The first-order chi connectivity index (χ1) is 27.6. The molecule has 1 N–H and O–H groups in total. The molecule has 0 saturated carbocycles. The summed E-state index contributed by atoms with van der Waals surface area (Å²) in [5.74, 6) is -0.0946. The molecule has 16 heteroatoms. The summed E-state index contributed by atoms with van der Waals surface area (Å²) in [4.78, 5) is 43.8. The number of ether oxygens (including phenoxy) is 2. The van der Waals surface area contributed by atoms with Crippen molar-refractivity contribution >= 4 is 71.9 Å². The van der Waals surface area contributed by atoms with Crippen molar-refractivity contribution in [2.75, 3.05) is 19.6 Å². The lowest BCUT2D eigenvalue weighted by Crippen LogP contribution is -2.21. The van der Waals surface area contributed by atoms with Crippen molar-refractivity contribution in [3.8, 4) is 5.75 Å². The van der Waals surface area contributed by atoms with Crippen molar-refractivity contribution in [2.45, 2.75) is 74.6 Å². The highest BCUT2D eigenvalue weighted by Crippen LogP contribution is 2.39. The van der Waals surface area contributed by atoms with E-state index in [2.05, 4.69) is 40.4 Å². The van der Waals surface area contributed by atoms with Crippen LogP contribution in [0.1, 0.15) is 52.7 Å². The molecule has 0 aliphatic rings. The van der Waals surface area contributed by atoms with Crippen LogP contribution in [0.25, 0.3) is 0 Å². The quantitative estimate of drug-likeness (QED) is 0.0371. The van der Waals surface area contributed by atoms with Gasteiger partial charge in [0.1, 0.15) is 22.4 Å². The number of carbonyl (C=O) groups excluding carboxylic acids is 2. The SMILES string of the molecule is CC.CC(=O)OCc1ccccc1SSc1ccccn1.CCN(CC)CC.O=C(Cl)Oc1ccc([N+](=O)[O-])cc1.OCc1ccccc1SSc1ccccn1. The average Bonchev–Trinajstić information content (AvgIpc) is 3.24. The molecular formula is C41H49ClN4O7S4. The number of hydrogen-bond donors (Lipinski definition) is 1. The monoisotopic (exact) mass is 872 g/mol. The number of halogens is 1. The van der Waals surface area contributed by atoms with Gasteiger partial charge in [0.25, 0.3) is 5.69 Å². The van der Waals surface area contributed by atoms with E-state index in [1.54, 1.807) is 55.6 Å². The van der Waals surface area contributed by atoms with E-state index >= 15 is 0 Å². The molecule has 5 rings (SSSR count). The molecule has 0 amide bonds. The second-order valence-electron chi connectivity index (χ2n) is 10.5. The van der Waals surface area contributed by atoms with Crippen LogP contribution in [0, 0.1) is 10.1 Å². The number of nitrogens with zero attached hydrogens (tertiary/aromatic N) is 4. The van der Waals surface area contributed by atoms with Gasteiger partial charge in [-0.2, -0.15) is 0 Å². The lowest BCUT2D eigenvalue weighted by Gasteiger charge is -2.13. The van der Waals surface area contributed by atoms with E-state index in [1.165, 1.54) is 50.8 Å².